The summed E-state index contributed by atoms with van der Waals surface area (Å²) in [7, 11) is 0. The van der Waals surface area contributed by atoms with Crippen molar-refractivity contribution in [1.82, 2.24) is 5.32 Å². The first kappa shape index (κ1) is 22.7. The van der Waals surface area contributed by atoms with Gasteiger partial charge in [0.15, 0.2) is 12.1 Å². The molecule has 8 nitrogen and oxygen atoms in total. The highest BCUT2D eigenvalue weighted by Gasteiger charge is 2.39. The highest BCUT2D eigenvalue weighted by molar-refractivity contribution is 6.35. The number of carboxylic acid groups (broad SMARTS) is 1. The van der Waals surface area contributed by atoms with Gasteiger partial charge >= 0.3 is 5.97 Å². The maximum atomic E-state index is 12.3. The van der Waals surface area contributed by atoms with E-state index in [0.717, 1.165) is 12.8 Å². The van der Waals surface area contributed by atoms with Crippen molar-refractivity contribution in [1.29, 1.82) is 5.41 Å². The number of halogens is 2. The van der Waals surface area contributed by atoms with Crippen molar-refractivity contribution in [3.63, 3.8) is 0 Å². The molecular formula is C21H22Cl2N4O4. The molecule has 1 saturated carbocycles. The second-order valence-electron chi connectivity index (χ2n) is 7.44. The molecule has 0 aromatic heterocycles. The van der Waals surface area contributed by atoms with Crippen LogP contribution in [0.4, 0.5) is 5.69 Å². The van der Waals surface area contributed by atoms with Crippen LogP contribution >= 0.6 is 23.2 Å². The Hall–Kier alpha value is -2.97. The lowest BCUT2D eigenvalue weighted by molar-refractivity contribution is -0.142. The number of carboxylic acids is 1. The van der Waals surface area contributed by atoms with Crippen LogP contribution < -0.4 is 21.1 Å². The summed E-state index contributed by atoms with van der Waals surface area (Å²) in [6.07, 6.45) is 1.87. The Morgan fingerprint density at radius 3 is 2.45 bits per heavy atom. The van der Waals surface area contributed by atoms with E-state index in [2.05, 4.69) is 10.6 Å². The number of benzene rings is 2. The minimum atomic E-state index is -1.70. The summed E-state index contributed by atoms with van der Waals surface area (Å²) in [5.74, 6) is -1.58. The van der Waals surface area contributed by atoms with Crippen LogP contribution in [0, 0.1) is 5.41 Å². The zero-order valence-corrected chi connectivity index (χ0v) is 18.2. The van der Waals surface area contributed by atoms with Crippen LogP contribution in [0.2, 0.25) is 10.0 Å². The summed E-state index contributed by atoms with van der Waals surface area (Å²) in [5.41, 5.74) is 4.89. The minimum absolute atomic E-state index is 0.0507. The number of carbonyl (C=O) groups excluding carboxylic acids is 1. The topological polar surface area (TPSA) is 138 Å². The zero-order valence-electron chi connectivity index (χ0n) is 16.7. The van der Waals surface area contributed by atoms with Gasteiger partial charge in [0.05, 0.1) is 5.02 Å². The molecule has 2 aromatic carbocycles. The van der Waals surface area contributed by atoms with Gasteiger partial charge in [-0.3, -0.25) is 10.2 Å². The molecule has 0 aliphatic heterocycles. The smallest absolute Gasteiger partial charge is 0.333 e. The van der Waals surface area contributed by atoms with Crippen molar-refractivity contribution >= 4 is 46.6 Å². The number of amides is 1. The van der Waals surface area contributed by atoms with Crippen LogP contribution in [0.25, 0.3) is 0 Å². The first-order valence-electron chi connectivity index (χ1n) is 9.48. The molecule has 10 heteroatoms. The molecule has 31 heavy (non-hydrogen) atoms. The number of ether oxygens (including phenoxy) is 1. The molecule has 1 unspecified atom stereocenters. The lowest BCUT2D eigenvalue weighted by Gasteiger charge is -2.30. The highest BCUT2D eigenvalue weighted by atomic mass is 35.5. The van der Waals surface area contributed by atoms with E-state index < -0.39 is 11.5 Å². The lowest BCUT2D eigenvalue weighted by atomic mass is 9.90. The molecule has 6 N–H and O–H groups in total. The number of hydrogen-bond acceptors (Lipinski definition) is 5. The maximum Gasteiger partial charge on any atom is 0.333 e. The van der Waals surface area contributed by atoms with Crippen LogP contribution in [0.15, 0.2) is 36.4 Å². The molecule has 0 bridgehead atoms. The van der Waals surface area contributed by atoms with Gasteiger partial charge in [-0.1, -0.05) is 23.2 Å². The van der Waals surface area contributed by atoms with E-state index in [1.165, 1.54) is 19.1 Å². The fourth-order valence-electron chi connectivity index (χ4n) is 2.97. The normalized spacial score (nSPS) is 14.9. The van der Waals surface area contributed by atoms with Gasteiger partial charge in [0, 0.05) is 27.9 Å². The fraction of sp³-hybridized carbons (Fsp3) is 0.286. The number of nitrogens with one attached hydrogen (secondary N) is 3. The van der Waals surface area contributed by atoms with E-state index in [4.69, 9.17) is 39.1 Å². The maximum absolute atomic E-state index is 12.3. The number of amidine groups is 1. The molecule has 1 aliphatic rings. The first-order valence-corrected chi connectivity index (χ1v) is 10.2. The van der Waals surface area contributed by atoms with Gasteiger partial charge in [-0.05, 0) is 56.2 Å². The van der Waals surface area contributed by atoms with Crippen LogP contribution in [0.3, 0.4) is 0 Å². The van der Waals surface area contributed by atoms with Gasteiger partial charge in [0.25, 0.3) is 5.91 Å². The van der Waals surface area contributed by atoms with E-state index in [-0.39, 0.29) is 45.7 Å². The number of nitrogens with two attached hydrogens (primary N) is 1. The predicted molar refractivity (Wildman–Crippen MR) is 119 cm³/mol. The number of hydrogen-bond donors (Lipinski definition) is 5. The summed E-state index contributed by atoms with van der Waals surface area (Å²) < 4.78 is 5.65. The number of aliphatic carboxylic acids is 1. The van der Waals surface area contributed by atoms with Crippen molar-refractivity contribution in [3.8, 4) is 5.75 Å². The molecule has 0 heterocycles. The quantitative estimate of drug-likeness (QED) is 0.285. The Labute approximate surface area is 189 Å². The van der Waals surface area contributed by atoms with Crippen LogP contribution in [0.1, 0.15) is 30.9 Å². The fourth-order valence-corrected chi connectivity index (χ4v) is 3.52. The molecule has 0 radical (unpaired) electrons. The summed E-state index contributed by atoms with van der Waals surface area (Å²) >= 11 is 12.5. The first-order chi connectivity index (χ1) is 14.6. The van der Waals surface area contributed by atoms with E-state index in [1.54, 1.807) is 24.3 Å². The Kier molecular flexibility index (Phi) is 6.62. The molecule has 1 fully saturated rings. The Bertz CT molecular complexity index is 1020. The summed E-state index contributed by atoms with van der Waals surface area (Å²) in [6.45, 7) is 1.13. The van der Waals surface area contributed by atoms with Crippen LogP contribution in [0.5, 0.6) is 5.75 Å². The Morgan fingerprint density at radius 2 is 1.90 bits per heavy atom. The predicted octanol–water partition coefficient (Wildman–Crippen LogP) is 3.35. The molecule has 1 aliphatic carbocycles. The standard InChI is InChI=1S/C21H22Cl2N4O4/c1-21(20(29)30,27-14-4-2-11(3-5-14)19(24)25)15-8-12(22)9-16(23)18(15)31-10-17(28)26-13-6-7-13/h2-5,8-9,13,27H,6-7,10H2,1H3,(H3,24,25)(H,26,28)(H,29,30). The molecule has 1 atom stereocenters. The van der Waals surface area contributed by atoms with Crippen molar-refractivity contribution in [2.45, 2.75) is 31.3 Å². The van der Waals surface area contributed by atoms with Crippen molar-refractivity contribution in [2.75, 3.05) is 11.9 Å². The molecular weight excluding hydrogens is 443 g/mol. The lowest BCUT2D eigenvalue weighted by Crippen LogP contribution is -2.41. The third-order valence-corrected chi connectivity index (χ3v) is 5.35. The van der Waals surface area contributed by atoms with Gasteiger partial charge in [-0.25, -0.2) is 4.79 Å². The third-order valence-electron chi connectivity index (χ3n) is 4.86. The van der Waals surface area contributed by atoms with Gasteiger partial charge in [0.2, 0.25) is 0 Å². The molecule has 3 rings (SSSR count). The third kappa shape index (κ3) is 5.39. The summed E-state index contributed by atoms with van der Waals surface area (Å²) in [4.78, 5) is 24.4. The number of rotatable bonds is 9. The van der Waals surface area contributed by atoms with Gasteiger partial charge in [-0.15, -0.1) is 0 Å². The van der Waals surface area contributed by atoms with Crippen molar-refractivity contribution < 1.29 is 19.4 Å². The van der Waals surface area contributed by atoms with Gasteiger partial charge in [0.1, 0.15) is 11.6 Å². The monoisotopic (exact) mass is 464 g/mol. The second-order valence-corrected chi connectivity index (χ2v) is 8.28. The average Bonchev–Trinajstić information content (AvgIpc) is 3.50. The van der Waals surface area contributed by atoms with Gasteiger partial charge in [-0.2, -0.15) is 0 Å². The number of nitrogen functional groups attached to an aromatic ring is 1. The summed E-state index contributed by atoms with van der Waals surface area (Å²) in [5, 5.41) is 23.6. The molecule has 164 valence electrons. The van der Waals surface area contributed by atoms with Crippen molar-refractivity contribution in [2.24, 2.45) is 5.73 Å². The molecule has 0 saturated heterocycles. The van der Waals surface area contributed by atoms with E-state index >= 15 is 0 Å². The highest BCUT2D eigenvalue weighted by Crippen LogP contribution is 2.40. The average molecular weight is 465 g/mol. The molecule has 0 spiro atoms. The van der Waals surface area contributed by atoms with E-state index in [0.29, 0.717) is 11.3 Å². The minimum Gasteiger partial charge on any atom is -0.482 e. The Balaban J connectivity index is 1.93. The van der Waals surface area contributed by atoms with Crippen molar-refractivity contribution in [3.05, 3.63) is 57.6 Å². The SMILES string of the molecule is CC(Nc1ccc(C(=N)N)cc1)(C(=O)O)c1cc(Cl)cc(Cl)c1OCC(=O)NC1CC1. The van der Waals surface area contributed by atoms with Crippen LogP contribution in [-0.2, 0) is 15.1 Å². The number of anilines is 1. The van der Waals surface area contributed by atoms with Crippen LogP contribution in [-0.4, -0.2) is 35.5 Å². The second kappa shape index (κ2) is 9.03. The molecule has 1 amide bonds. The molecule has 2 aromatic rings. The summed E-state index contributed by atoms with van der Waals surface area (Å²) in [6, 6.07) is 9.42. The Morgan fingerprint density at radius 1 is 1.26 bits per heavy atom. The van der Waals surface area contributed by atoms with E-state index in [9.17, 15) is 14.7 Å². The number of carbonyl (C=O) groups is 2. The van der Waals surface area contributed by atoms with Gasteiger partial charge < -0.3 is 26.2 Å². The zero-order chi connectivity index (χ0) is 22.8. The van der Waals surface area contributed by atoms with E-state index in [1.807, 2.05) is 0 Å². The largest absolute Gasteiger partial charge is 0.482 e.